The van der Waals surface area contributed by atoms with E-state index in [4.69, 9.17) is 4.74 Å². The predicted octanol–water partition coefficient (Wildman–Crippen LogP) is 2.67. The molecule has 16 heavy (non-hydrogen) atoms. The summed E-state index contributed by atoms with van der Waals surface area (Å²) in [5.74, 6) is 1.86. The summed E-state index contributed by atoms with van der Waals surface area (Å²) in [6, 6.07) is 4.32. The summed E-state index contributed by atoms with van der Waals surface area (Å²) in [6.45, 7) is 6.14. The van der Waals surface area contributed by atoms with Crippen molar-refractivity contribution in [2.75, 3.05) is 26.5 Å². The normalized spacial score (nSPS) is 10.9. The van der Waals surface area contributed by atoms with Gasteiger partial charge in [0.25, 0.3) is 0 Å². The minimum Gasteiger partial charge on any atom is -0.496 e. The number of rotatable bonds is 5. The van der Waals surface area contributed by atoms with E-state index in [1.54, 1.807) is 7.11 Å². The molecule has 0 spiro atoms. The Kier molecular flexibility index (Phi) is 5.16. The Balaban J connectivity index is 2.89. The van der Waals surface area contributed by atoms with Gasteiger partial charge in [-0.15, -0.1) is 0 Å². The van der Waals surface area contributed by atoms with Gasteiger partial charge >= 0.3 is 0 Å². The Morgan fingerprint density at radius 2 is 1.88 bits per heavy atom. The van der Waals surface area contributed by atoms with Crippen LogP contribution in [0.5, 0.6) is 5.75 Å². The van der Waals surface area contributed by atoms with E-state index in [1.165, 1.54) is 16.7 Å². The third-order valence-electron chi connectivity index (χ3n) is 2.82. The molecular formula is C13H21NOS. The zero-order valence-corrected chi connectivity index (χ0v) is 11.5. The van der Waals surface area contributed by atoms with E-state index in [-0.39, 0.29) is 0 Å². The lowest BCUT2D eigenvalue weighted by Crippen LogP contribution is -2.20. The number of nitrogens with zero attached hydrogens (tertiary/aromatic N) is 1. The van der Waals surface area contributed by atoms with Crippen LogP contribution >= 0.6 is 12.6 Å². The van der Waals surface area contributed by atoms with Gasteiger partial charge in [0.2, 0.25) is 0 Å². The lowest BCUT2D eigenvalue weighted by atomic mass is 10.0. The van der Waals surface area contributed by atoms with Crippen molar-refractivity contribution in [3.63, 3.8) is 0 Å². The van der Waals surface area contributed by atoms with Crippen LogP contribution in [0.2, 0.25) is 0 Å². The second-order valence-corrected chi connectivity index (χ2v) is 4.66. The minimum absolute atomic E-state index is 0.879. The average Bonchev–Trinajstić information content (AvgIpc) is 2.23. The molecule has 2 nitrogen and oxygen atoms in total. The van der Waals surface area contributed by atoms with Crippen LogP contribution in [-0.4, -0.2) is 31.4 Å². The minimum atomic E-state index is 0.879. The third kappa shape index (κ3) is 3.42. The Bertz CT molecular complexity index is 352. The summed E-state index contributed by atoms with van der Waals surface area (Å²) in [5.41, 5.74) is 3.84. The fraction of sp³-hybridized carbons (Fsp3) is 0.538. The number of methoxy groups -OCH3 is 1. The van der Waals surface area contributed by atoms with Crippen molar-refractivity contribution < 1.29 is 4.74 Å². The largest absolute Gasteiger partial charge is 0.496 e. The molecule has 0 saturated heterocycles. The molecule has 0 saturated carbocycles. The van der Waals surface area contributed by atoms with Crippen LogP contribution in [0.1, 0.15) is 16.7 Å². The topological polar surface area (TPSA) is 12.5 Å². The van der Waals surface area contributed by atoms with Crippen molar-refractivity contribution in [2.45, 2.75) is 20.4 Å². The highest BCUT2D eigenvalue weighted by Gasteiger charge is 2.08. The summed E-state index contributed by atoms with van der Waals surface area (Å²) in [4.78, 5) is 2.25. The highest BCUT2D eigenvalue weighted by Crippen LogP contribution is 2.24. The molecule has 0 unspecified atom stereocenters. The molecule has 0 aliphatic rings. The van der Waals surface area contributed by atoms with E-state index in [0.717, 1.165) is 24.6 Å². The molecule has 1 aromatic carbocycles. The van der Waals surface area contributed by atoms with Crippen molar-refractivity contribution in [1.82, 2.24) is 4.90 Å². The summed E-state index contributed by atoms with van der Waals surface area (Å²) in [7, 11) is 3.83. The van der Waals surface area contributed by atoms with Crippen LogP contribution in [0.3, 0.4) is 0 Å². The molecule has 0 atom stereocenters. The molecule has 0 bridgehead atoms. The fourth-order valence-electron chi connectivity index (χ4n) is 1.70. The monoisotopic (exact) mass is 239 g/mol. The maximum atomic E-state index is 5.41. The van der Waals surface area contributed by atoms with E-state index in [9.17, 15) is 0 Å². The van der Waals surface area contributed by atoms with Gasteiger partial charge in [0.15, 0.2) is 0 Å². The molecular weight excluding hydrogens is 218 g/mol. The molecule has 0 heterocycles. The molecule has 1 aromatic rings. The van der Waals surface area contributed by atoms with Gasteiger partial charge < -0.3 is 9.64 Å². The molecule has 0 radical (unpaired) electrons. The first-order valence-electron chi connectivity index (χ1n) is 5.52. The standard InChI is InChI=1S/C13H21NOS/c1-10-7-12(9-14(3)5-6-16)13(15-4)8-11(10)2/h7-8,16H,5-6,9H2,1-4H3. The number of hydrogen-bond acceptors (Lipinski definition) is 3. The first-order chi connectivity index (χ1) is 7.58. The predicted molar refractivity (Wildman–Crippen MR) is 72.7 cm³/mol. The first kappa shape index (κ1) is 13.4. The Morgan fingerprint density at radius 3 is 2.44 bits per heavy atom. The quantitative estimate of drug-likeness (QED) is 0.793. The zero-order valence-electron chi connectivity index (χ0n) is 10.6. The van der Waals surface area contributed by atoms with Crippen molar-refractivity contribution in [1.29, 1.82) is 0 Å². The van der Waals surface area contributed by atoms with Crippen molar-refractivity contribution in [2.24, 2.45) is 0 Å². The number of hydrogen-bond donors (Lipinski definition) is 1. The fourth-order valence-corrected chi connectivity index (χ4v) is 2.05. The van der Waals surface area contributed by atoms with Gasteiger partial charge in [-0.05, 0) is 38.1 Å². The highest BCUT2D eigenvalue weighted by molar-refractivity contribution is 7.80. The van der Waals surface area contributed by atoms with Gasteiger partial charge in [-0.3, -0.25) is 0 Å². The van der Waals surface area contributed by atoms with E-state index in [0.29, 0.717) is 0 Å². The van der Waals surface area contributed by atoms with Gasteiger partial charge in [0.1, 0.15) is 5.75 Å². The van der Waals surface area contributed by atoms with Gasteiger partial charge in [-0.2, -0.15) is 12.6 Å². The van der Waals surface area contributed by atoms with Crippen LogP contribution < -0.4 is 4.74 Å². The number of thiol groups is 1. The number of aryl methyl sites for hydroxylation is 2. The van der Waals surface area contributed by atoms with Crippen LogP contribution in [0.15, 0.2) is 12.1 Å². The lowest BCUT2D eigenvalue weighted by molar-refractivity contribution is 0.335. The maximum absolute atomic E-state index is 5.41. The van der Waals surface area contributed by atoms with E-state index < -0.39 is 0 Å². The van der Waals surface area contributed by atoms with E-state index >= 15 is 0 Å². The molecule has 90 valence electrons. The molecule has 0 aromatic heterocycles. The SMILES string of the molecule is COc1cc(C)c(C)cc1CN(C)CCS. The Morgan fingerprint density at radius 1 is 1.25 bits per heavy atom. The van der Waals surface area contributed by atoms with Crippen LogP contribution in [-0.2, 0) is 6.54 Å². The van der Waals surface area contributed by atoms with E-state index in [1.807, 2.05) is 0 Å². The van der Waals surface area contributed by atoms with Gasteiger partial charge in [0, 0.05) is 24.4 Å². The van der Waals surface area contributed by atoms with Crippen LogP contribution in [0.4, 0.5) is 0 Å². The smallest absolute Gasteiger partial charge is 0.123 e. The summed E-state index contributed by atoms with van der Waals surface area (Å²) in [6.07, 6.45) is 0. The molecule has 0 N–H and O–H groups in total. The van der Waals surface area contributed by atoms with Crippen LogP contribution in [0.25, 0.3) is 0 Å². The maximum Gasteiger partial charge on any atom is 0.123 e. The Hall–Kier alpha value is -0.670. The molecule has 1 rings (SSSR count). The van der Waals surface area contributed by atoms with Crippen LogP contribution in [0, 0.1) is 13.8 Å². The Labute approximate surface area is 104 Å². The molecule has 3 heteroatoms. The second-order valence-electron chi connectivity index (χ2n) is 4.21. The summed E-state index contributed by atoms with van der Waals surface area (Å²) in [5, 5.41) is 0. The average molecular weight is 239 g/mol. The third-order valence-corrected chi connectivity index (χ3v) is 3.02. The van der Waals surface area contributed by atoms with Crippen molar-refractivity contribution in [3.8, 4) is 5.75 Å². The van der Waals surface area contributed by atoms with Gasteiger partial charge in [-0.25, -0.2) is 0 Å². The molecule has 0 aliphatic carbocycles. The molecule has 0 aliphatic heterocycles. The van der Waals surface area contributed by atoms with Gasteiger partial charge in [-0.1, -0.05) is 6.07 Å². The van der Waals surface area contributed by atoms with Gasteiger partial charge in [0.05, 0.1) is 7.11 Å². The summed E-state index contributed by atoms with van der Waals surface area (Å²) >= 11 is 4.24. The van der Waals surface area contributed by atoms with Crippen molar-refractivity contribution in [3.05, 3.63) is 28.8 Å². The zero-order chi connectivity index (χ0) is 12.1. The lowest BCUT2D eigenvalue weighted by Gasteiger charge is -2.18. The number of benzene rings is 1. The van der Waals surface area contributed by atoms with E-state index in [2.05, 4.69) is 50.6 Å². The first-order valence-corrected chi connectivity index (χ1v) is 6.15. The highest BCUT2D eigenvalue weighted by atomic mass is 32.1. The second kappa shape index (κ2) is 6.16. The molecule has 0 amide bonds. The molecule has 0 fully saturated rings. The summed E-state index contributed by atoms with van der Waals surface area (Å²) < 4.78 is 5.41. The van der Waals surface area contributed by atoms with Crippen molar-refractivity contribution >= 4 is 12.6 Å². The number of ether oxygens (including phenoxy) is 1.